The smallest absolute Gasteiger partial charge is 0.0863 e. The first kappa shape index (κ1) is 10.2. The standard InChI is InChI=1S/C13H18N2/c1-9-6-5-7-11-12(9)15-13(3,4)8-10(2)14-11/h5-7,15H,8H2,1-4H3. The van der Waals surface area contributed by atoms with E-state index < -0.39 is 0 Å². The van der Waals surface area contributed by atoms with Gasteiger partial charge in [0.1, 0.15) is 0 Å². The molecule has 2 heteroatoms. The molecule has 0 saturated carbocycles. The van der Waals surface area contributed by atoms with Crippen LogP contribution in [0, 0.1) is 6.92 Å². The monoisotopic (exact) mass is 202 g/mol. The number of hydrogen-bond acceptors (Lipinski definition) is 2. The summed E-state index contributed by atoms with van der Waals surface area (Å²) in [6.07, 6.45) is 0.987. The fourth-order valence-corrected chi connectivity index (χ4v) is 2.18. The van der Waals surface area contributed by atoms with Crippen molar-refractivity contribution in [3.63, 3.8) is 0 Å². The third kappa shape index (κ3) is 2.04. The lowest BCUT2D eigenvalue weighted by Crippen LogP contribution is -2.32. The van der Waals surface area contributed by atoms with E-state index >= 15 is 0 Å². The van der Waals surface area contributed by atoms with Gasteiger partial charge in [-0.2, -0.15) is 0 Å². The number of nitrogens with zero attached hydrogens (tertiary/aromatic N) is 1. The molecule has 0 radical (unpaired) electrons. The maximum absolute atomic E-state index is 4.65. The van der Waals surface area contributed by atoms with Gasteiger partial charge in [0.2, 0.25) is 0 Å². The molecule has 15 heavy (non-hydrogen) atoms. The van der Waals surface area contributed by atoms with Crippen LogP contribution in [0.1, 0.15) is 32.8 Å². The van der Waals surface area contributed by atoms with Crippen molar-refractivity contribution in [3.05, 3.63) is 23.8 Å². The first-order valence-electron chi connectivity index (χ1n) is 5.40. The van der Waals surface area contributed by atoms with Gasteiger partial charge in [-0.1, -0.05) is 12.1 Å². The summed E-state index contributed by atoms with van der Waals surface area (Å²) in [4.78, 5) is 4.65. The summed E-state index contributed by atoms with van der Waals surface area (Å²) in [7, 11) is 0. The molecule has 80 valence electrons. The second kappa shape index (κ2) is 3.37. The Hall–Kier alpha value is -1.31. The zero-order valence-electron chi connectivity index (χ0n) is 9.89. The summed E-state index contributed by atoms with van der Waals surface area (Å²) >= 11 is 0. The van der Waals surface area contributed by atoms with Gasteiger partial charge >= 0.3 is 0 Å². The van der Waals surface area contributed by atoms with Crippen molar-refractivity contribution in [3.8, 4) is 0 Å². The van der Waals surface area contributed by atoms with Gasteiger partial charge in [-0.25, -0.2) is 0 Å². The molecule has 0 bridgehead atoms. The Labute approximate surface area is 91.4 Å². The Morgan fingerprint density at radius 3 is 2.73 bits per heavy atom. The molecule has 1 aliphatic rings. The number of rotatable bonds is 0. The fraction of sp³-hybridized carbons (Fsp3) is 0.462. The zero-order valence-corrected chi connectivity index (χ0v) is 9.89. The summed E-state index contributed by atoms with van der Waals surface area (Å²) in [6, 6.07) is 6.25. The summed E-state index contributed by atoms with van der Waals surface area (Å²) in [5, 5.41) is 3.58. The van der Waals surface area contributed by atoms with Crippen LogP contribution in [-0.4, -0.2) is 11.3 Å². The van der Waals surface area contributed by atoms with Crippen LogP contribution in [0.3, 0.4) is 0 Å². The van der Waals surface area contributed by atoms with Crippen molar-refractivity contribution < 1.29 is 0 Å². The van der Waals surface area contributed by atoms with E-state index in [2.05, 4.69) is 56.2 Å². The topological polar surface area (TPSA) is 24.4 Å². The van der Waals surface area contributed by atoms with Gasteiger partial charge in [0.05, 0.1) is 11.4 Å². The molecule has 1 aromatic carbocycles. The van der Waals surface area contributed by atoms with Gasteiger partial charge in [-0.15, -0.1) is 0 Å². The summed E-state index contributed by atoms with van der Waals surface area (Å²) in [5.74, 6) is 0. The summed E-state index contributed by atoms with van der Waals surface area (Å²) in [6.45, 7) is 8.65. The van der Waals surface area contributed by atoms with Crippen molar-refractivity contribution in [2.45, 2.75) is 39.7 Å². The zero-order chi connectivity index (χ0) is 11.1. The number of fused-ring (bicyclic) bond motifs is 1. The molecular weight excluding hydrogens is 184 g/mol. The molecule has 0 spiro atoms. The SMILES string of the molecule is CC1=Nc2cccc(C)c2NC(C)(C)C1. The van der Waals surface area contributed by atoms with Crippen LogP contribution >= 0.6 is 0 Å². The van der Waals surface area contributed by atoms with Crippen LogP contribution in [0.5, 0.6) is 0 Å². The highest BCUT2D eigenvalue weighted by Gasteiger charge is 2.23. The Morgan fingerprint density at radius 2 is 2.00 bits per heavy atom. The Kier molecular flexibility index (Phi) is 2.29. The highest BCUT2D eigenvalue weighted by atomic mass is 15.0. The molecule has 1 N–H and O–H groups in total. The second-order valence-corrected chi connectivity index (χ2v) is 5.00. The third-order valence-electron chi connectivity index (χ3n) is 2.72. The van der Waals surface area contributed by atoms with E-state index in [9.17, 15) is 0 Å². The minimum atomic E-state index is 0.0882. The largest absolute Gasteiger partial charge is 0.378 e. The molecule has 0 unspecified atom stereocenters. The highest BCUT2D eigenvalue weighted by Crippen LogP contribution is 2.34. The van der Waals surface area contributed by atoms with Gasteiger partial charge in [-0.3, -0.25) is 4.99 Å². The Balaban J connectivity index is 2.57. The van der Waals surface area contributed by atoms with E-state index in [0.717, 1.165) is 12.1 Å². The van der Waals surface area contributed by atoms with E-state index in [4.69, 9.17) is 0 Å². The van der Waals surface area contributed by atoms with Crippen LogP contribution in [0.15, 0.2) is 23.2 Å². The number of nitrogens with one attached hydrogen (secondary N) is 1. The molecule has 0 aromatic heterocycles. The molecule has 1 aliphatic heterocycles. The maximum Gasteiger partial charge on any atom is 0.0863 e. The quantitative estimate of drug-likeness (QED) is 0.681. The fourth-order valence-electron chi connectivity index (χ4n) is 2.18. The van der Waals surface area contributed by atoms with Crippen LogP contribution in [0.2, 0.25) is 0 Å². The normalized spacial score (nSPS) is 18.5. The lowest BCUT2D eigenvalue weighted by molar-refractivity contribution is 0.594. The Bertz CT molecular complexity index is 417. The number of hydrogen-bond donors (Lipinski definition) is 1. The number of anilines is 1. The molecule has 2 rings (SSSR count). The summed E-state index contributed by atoms with van der Waals surface area (Å²) < 4.78 is 0. The Morgan fingerprint density at radius 1 is 1.27 bits per heavy atom. The first-order chi connectivity index (χ1) is 6.98. The van der Waals surface area contributed by atoms with Crippen LogP contribution in [-0.2, 0) is 0 Å². The molecule has 0 amide bonds. The van der Waals surface area contributed by atoms with Crippen molar-refractivity contribution in [1.82, 2.24) is 0 Å². The van der Waals surface area contributed by atoms with Gasteiger partial charge in [-0.05, 0) is 39.3 Å². The van der Waals surface area contributed by atoms with Crippen molar-refractivity contribution >= 4 is 17.1 Å². The number of aryl methyl sites for hydroxylation is 1. The van der Waals surface area contributed by atoms with Gasteiger partial charge in [0, 0.05) is 17.7 Å². The highest BCUT2D eigenvalue weighted by molar-refractivity contribution is 5.90. The summed E-state index contributed by atoms with van der Waals surface area (Å²) in [5.41, 5.74) is 4.79. The minimum absolute atomic E-state index is 0.0882. The predicted octanol–water partition coefficient (Wildman–Crippen LogP) is 3.68. The van der Waals surface area contributed by atoms with Gasteiger partial charge < -0.3 is 5.32 Å². The average molecular weight is 202 g/mol. The maximum atomic E-state index is 4.65. The second-order valence-electron chi connectivity index (χ2n) is 5.00. The van der Waals surface area contributed by atoms with E-state index in [-0.39, 0.29) is 5.54 Å². The molecule has 0 fully saturated rings. The first-order valence-corrected chi connectivity index (χ1v) is 5.40. The van der Waals surface area contributed by atoms with Crippen LogP contribution < -0.4 is 5.32 Å². The van der Waals surface area contributed by atoms with E-state index in [1.165, 1.54) is 17.0 Å². The molecular formula is C13H18N2. The van der Waals surface area contributed by atoms with Crippen molar-refractivity contribution in [2.75, 3.05) is 5.32 Å². The van der Waals surface area contributed by atoms with E-state index in [1.54, 1.807) is 0 Å². The predicted molar refractivity (Wildman–Crippen MR) is 66.3 cm³/mol. The molecule has 1 aromatic rings. The number of para-hydroxylation sites is 1. The van der Waals surface area contributed by atoms with Gasteiger partial charge in [0.15, 0.2) is 0 Å². The van der Waals surface area contributed by atoms with E-state index in [1.807, 2.05) is 0 Å². The molecule has 2 nitrogen and oxygen atoms in total. The molecule has 1 heterocycles. The lowest BCUT2D eigenvalue weighted by atomic mass is 9.97. The number of benzene rings is 1. The average Bonchev–Trinajstić information content (AvgIpc) is 2.20. The molecule has 0 aliphatic carbocycles. The molecule has 0 atom stereocenters. The van der Waals surface area contributed by atoms with Gasteiger partial charge in [0.25, 0.3) is 0 Å². The van der Waals surface area contributed by atoms with Crippen LogP contribution in [0.25, 0.3) is 0 Å². The minimum Gasteiger partial charge on any atom is -0.378 e. The van der Waals surface area contributed by atoms with E-state index in [0.29, 0.717) is 0 Å². The number of aliphatic imine (C=N–C) groups is 1. The third-order valence-corrected chi connectivity index (χ3v) is 2.72. The van der Waals surface area contributed by atoms with Crippen LogP contribution in [0.4, 0.5) is 11.4 Å². The lowest BCUT2D eigenvalue weighted by Gasteiger charge is -2.26. The van der Waals surface area contributed by atoms with Crippen molar-refractivity contribution in [2.24, 2.45) is 4.99 Å². The van der Waals surface area contributed by atoms with Crippen molar-refractivity contribution in [1.29, 1.82) is 0 Å². The molecule has 0 saturated heterocycles.